The second-order valence-electron chi connectivity index (χ2n) is 9.19. The zero-order valence-corrected chi connectivity index (χ0v) is 22.8. The van der Waals surface area contributed by atoms with Crippen molar-refractivity contribution in [2.75, 3.05) is 55.5 Å². The molecule has 1 amide bonds. The smallest absolute Gasteiger partial charge is 0.413 e. The molecule has 4 rings (SSSR count). The second-order valence-corrected chi connectivity index (χ2v) is 9.60. The number of hydrogen-bond donors (Lipinski definition) is 2. The topological polar surface area (TPSA) is 103 Å². The number of nitrogens with zero attached hydrogens (tertiary/aromatic N) is 5. The number of rotatable bonds is 9. The molecular weight excluding hydrogens is 508 g/mol. The zero-order chi connectivity index (χ0) is 27.2. The predicted octanol–water partition coefficient (Wildman–Crippen LogP) is 5.11. The number of nitrogens with one attached hydrogen (secondary N) is 1. The van der Waals surface area contributed by atoms with Gasteiger partial charge in [0.1, 0.15) is 17.3 Å². The standard InChI is InChI=1S/C27H33ClN6O4/c1-18(2)32-11-13-33(14-12-32)23-7-5-20(16-22(23)28)30-26-29-10-9-25(31-26)34(27(35)36)17-19-15-21(37-3)6-8-24(19)38-4/h5-10,15-16,18H,11-14,17H2,1-4H3,(H,35,36)(H,29,30,31). The second kappa shape index (κ2) is 12.2. The van der Waals surface area contributed by atoms with E-state index in [2.05, 4.69) is 38.9 Å². The van der Waals surface area contributed by atoms with E-state index in [0.29, 0.717) is 33.8 Å². The molecule has 0 atom stereocenters. The maximum Gasteiger partial charge on any atom is 0.413 e. The molecule has 2 heterocycles. The maximum atomic E-state index is 12.2. The van der Waals surface area contributed by atoms with Crippen LogP contribution >= 0.6 is 11.6 Å². The Morgan fingerprint density at radius 1 is 1.11 bits per heavy atom. The van der Waals surface area contributed by atoms with Crippen LogP contribution in [0.2, 0.25) is 5.02 Å². The van der Waals surface area contributed by atoms with Gasteiger partial charge in [-0.1, -0.05) is 11.6 Å². The Hall–Kier alpha value is -3.76. The van der Waals surface area contributed by atoms with Crippen molar-refractivity contribution in [3.05, 3.63) is 59.2 Å². The highest BCUT2D eigenvalue weighted by atomic mass is 35.5. The van der Waals surface area contributed by atoms with Gasteiger partial charge in [0.05, 0.1) is 31.5 Å². The molecule has 1 aliphatic heterocycles. The Bertz CT molecular complexity index is 1270. The number of carbonyl (C=O) groups is 1. The van der Waals surface area contributed by atoms with Crippen molar-refractivity contribution in [2.24, 2.45) is 0 Å². The molecule has 10 nitrogen and oxygen atoms in total. The predicted molar refractivity (Wildman–Crippen MR) is 149 cm³/mol. The van der Waals surface area contributed by atoms with Crippen molar-refractivity contribution in [2.45, 2.75) is 26.4 Å². The Balaban J connectivity index is 1.50. The van der Waals surface area contributed by atoms with Crippen molar-refractivity contribution >= 4 is 40.8 Å². The minimum absolute atomic E-state index is 0.0107. The highest BCUT2D eigenvalue weighted by Crippen LogP contribution is 2.31. The van der Waals surface area contributed by atoms with Crippen LogP contribution in [-0.2, 0) is 6.54 Å². The third-order valence-electron chi connectivity index (χ3n) is 6.55. The van der Waals surface area contributed by atoms with Gasteiger partial charge in [0.15, 0.2) is 0 Å². The first-order chi connectivity index (χ1) is 18.3. The lowest BCUT2D eigenvalue weighted by atomic mass is 10.1. The van der Waals surface area contributed by atoms with Gasteiger partial charge < -0.3 is 24.8 Å². The number of carboxylic acid groups (broad SMARTS) is 1. The van der Waals surface area contributed by atoms with Crippen molar-refractivity contribution in [3.63, 3.8) is 0 Å². The summed E-state index contributed by atoms with van der Waals surface area (Å²) in [6, 6.07) is 13.0. The first-order valence-electron chi connectivity index (χ1n) is 12.4. The number of benzene rings is 2. The highest BCUT2D eigenvalue weighted by molar-refractivity contribution is 6.33. The summed E-state index contributed by atoms with van der Waals surface area (Å²) in [5.41, 5.74) is 2.33. The van der Waals surface area contributed by atoms with Gasteiger partial charge in [-0.15, -0.1) is 0 Å². The number of halogens is 1. The molecule has 11 heteroatoms. The van der Waals surface area contributed by atoms with Crippen LogP contribution in [0.1, 0.15) is 19.4 Å². The normalized spacial score (nSPS) is 13.9. The van der Waals surface area contributed by atoms with Crippen molar-refractivity contribution in [3.8, 4) is 11.5 Å². The van der Waals surface area contributed by atoms with Gasteiger partial charge in [-0.25, -0.2) is 9.78 Å². The largest absolute Gasteiger partial charge is 0.497 e. The van der Waals surface area contributed by atoms with E-state index in [0.717, 1.165) is 36.8 Å². The summed E-state index contributed by atoms with van der Waals surface area (Å²) in [6.45, 7) is 8.26. The van der Waals surface area contributed by atoms with Crippen molar-refractivity contribution in [1.82, 2.24) is 14.9 Å². The summed E-state index contributed by atoms with van der Waals surface area (Å²) in [7, 11) is 3.08. The highest BCUT2D eigenvalue weighted by Gasteiger charge is 2.22. The zero-order valence-electron chi connectivity index (χ0n) is 22.0. The summed E-state index contributed by atoms with van der Waals surface area (Å²) in [6.07, 6.45) is 0.345. The molecule has 0 radical (unpaired) electrons. The van der Waals surface area contributed by atoms with Gasteiger partial charge in [-0.2, -0.15) is 4.98 Å². The van der Waals surface area contributed by atoms with Crippen LogP contribution < -0.4 is 24.6 Å². The summed E-state index contributed by atoms with van der Waals surface area (Å²) >= 11 is 6.65. The SMILES string of the molecule is COc1ccc(OC)c(CN(C(=O)O)c2ccnc(Nc3ccc(N4CCN(C(C)C)CC4)c(Cl)c3)n2)c1. The van der Waals surface area contributed by atoms with E-state index >= 15 is 0 Å². The molecule has 38 heavy (non-hydrogen) atoms. The van der Waals surface area contributed by atoms with E-state index in [1.807, 2.05) is 18.2 Å². The van der Waals surface area contributed by atoms with Crippen LogP contribution in [0.4, 0.5) is 27.9 Å². The number of anilines is 4. The number of aromatic nitrogens is 2. The molecule has 2 N–H and O–H groups in total. The van der Waals surface area contributed by atoms with Gasteiger partial charge in [0.2, 0.25) is 5.95 Å². The van der Waals surface area contributed by atoms with Gasteiger partial charge in [0, 0.05) is 49.7 Å². The minimum Gasteiger partial charge on any atom is -0.497 e. The molecular formula is C27H33ClN6O4. The summed E-state index contributed by atoms with van der Waals surface area (Å²) in [5.74, 6) is 1.61. The van der Waals surface area contributed by atoms with Crippen LogP contribution in [0.25, 0.3) is 0 Å². The monoisotopic (exact) mass is 540 g/mol. The minimum atomic E-state index is -1.16. The molecule has 0 aliphatic carbocycles. The van der Waals surface area contributed by atoms with E-state index in [9.17, 15) is 9.90 Å². The lowest BCUT2D eigenvalue weighted by Gasteiger charge is -2.38. The van der Waals surface area contributed by atoms with E-state index in [4.69, 9.17) is 21.1 Å². The fourth-order valence-electron chi connectivity index (χ4n) is 4.43. The molecule has 202 valence electrons. The average molecular weight is 541 g/mol. The Labute approximate surface area is 227 Å². The lowest BCUT2D eigenvalue weighted by molar-refractivity contribution is 0.201. The number of methoxy groups -OCH3 is 2. The van der Waals surface area contributed by atoms with Crippen LogP contribution in [0.3, 0.4) is 0 Å². The molecule has 0 bridgehead atoms. The molecule has 2 aromatic carbocycles. The molecule has 1 aliphatic rings. The van der Waals surface area contributed by atoms with Gasteiger partial charge in [0.25, 0.3) is 0 Å². The molecule has 1 saturated heterocycles. The molecule has 0 unspecified atom stereocenters. The molecule has 1 fully saturated rings. The average Bonchev–Trinajstić information content (AvgIpc) is 2.91. The fraction of sp³-hybridized carbons (Fsp3) is 0.370. The van der Waals surface area contributed by atoms with Gasteiger partial charge in [-0.05, 0) is 56.3 Å². The van der Waals surface area contributed by atoms with E-state index in [-0.39, 0.29) is 18.3 Å². The number of hydrogen-bond acceptors (Lipinski definition) is 8. The molecule has 3 aromatic rings. The van der Waals surface area contributed by atoms with Crippen LogP contribution in [-0.4, -0.2) is 72.5 Å². The Morgan fingerprint density at radius 2 is 1.87 bits per heavy atom. The van der Waals surface area contributed by atoms with E-state index in [1.54, 1.807) is 31.4 Å². The quantitative estimate of drug-likeness (QED) is 0.383. The lowest BCUT2D eigenvalue weighted by Crippen LogP contribution is -2.49. The van der Waals surface area contributed by atoms with Crippen LogP contribution in [0.5, 0.6) is 11.5 Å². The third kappa shape index (κ3) is 6.38. The van der Waals surface area contributed by atoms with Crippen molar-refractivity contribution < 1.29 is 19.4 Å². The van der Waals surface area contributed by atoms with E-state index in [1.165, 1.54) is 13.3 Å². The van der Waals surface area contributed by atoms with Gasteiger partial charge >= 0.3 is 6.09 Å². The first kappa shape index (κ1) is 27.3. The van der Waals surface area contributed by atoms with Crippen molar-refractivity contribution in [1.29, 1.82) is 0 Å². The number of piperazine rings is 1. The first-order valence-corrected chi connectivity index (χ1v) is 12.8. The van der Waals surface area contributed by atoms with E-state index < -0.39 is 6.09 Å². The summed E-state index contributed by atoms with van der Waals surface area (Å²) in [5, 5.41) is 13.7. The fourth-order valence-corrected chi connectivity index (χ4v) is 4.73. The molecule has 1 aromatic heterocycles. The number of ether oxygens (including phenoxy) is 2. The molecule has 0 saturated carbocycles. The van der Waals surface area contributed by atoms with Crippen LogP contribution in [0.15, 0.2) is 48.7 Å². The summed E-state index contributed by atoms with van der Waals surface area (Å²) in [4.78, 5) is 26.7. The third-order valence-corrected chi connectivity index (χ3v) is 6.86. The van der Waals surface area contributed by atoms with Crippen LogP contribution in [0, 0.1) is 0 Å². The number of amides is 1. The summed E-state index contributed by atoms with van der Waals surface area (Å²) < 4.78 is 10.7. The Morgan fingerprint density at radius 3 is 2.50 bits per heavy atom. The molecule has 0 spiro atoms. The maximum absolute atomic E-state index is 12.2. The van der Waals surface area contributed by atoms with Gasteiger partial charge in [-0.3, -0.25) is 9.80 Å². The Kier molecular flexibility index (Phi) is 8.75.